The number of β-amino-alcohol motifs (C(OH)–C–C–N with tert-alkyl or cyclic N) is 1. The van der Waals surface area contributed by atoms with E-state index < -0.39 is 6.10 Å². The minimum atomic E-state index is -0.519. The fraction of sp³-hybridized carbons (Fsp3) is 0.400. The van der Waals surface area contributed by atoms with E-state index >= 15 is 0 Å². The molecule has 140 valence electrons. The summed E-state index contributed by atoms with van der Waals surface area (Å²) in [4.78, 5) is 4.61. The van der Waals surface area contributed by atoms with Gasteiger partial charge in [0, 0.05) is 49.5 Å². The minimum Gasteiger partial charge on any atom is -0.497 e. The number of aliphatic hydroxyl groups is 1. The first-order valence-electron chi connectivity index (χ1n) is 8.82. The third-order valence-electron chi connectivity index (χ3n) is 4.52. The Balaban J connectivity index is 1.42. The number of hydrogen-bond donors (Lipinski definition) is 1. The number of halogens is 1. The number of benzene rings is 2. The van der Waals surface area contributed by atoms with Crippen molar-refractivity contribution in [1.29, 1.82) is 0 Å². The normalized spacial score (nSPS) is 16.3. The summed E-state index contributed by atoms with van der Waals surface area (Å²) in [6, 6.07) is 15.3. The lowest BCUT2D eigenvalue weighted by Crippen LogP contribution is -2.49. The molecule has 1 N–H and O–H groups in total. The van der Waals surface area contributed by atoms with E-state index in [1.807, 2.05) is 24.3 Å². The average Bonchev–Trinajstić information content (AvgIpc) is 2.68. The van der Waals surface area contributed by atoms with Crippen LogP contribution >= 0.6 is 11.6 Å². The summed E-state index contributed by atoms with van der Waals surface area (Å²) in [6.45, 7) is 4.57. The smallest absolute Gasteiger partial charge is 0.120 e. The first-order chi connectivity index (χ1) is 12.6. The van der Waals surface area contributed by atoms with Crippen LogP contribution in [0.2, 0.25) is 5.02 Å². The van der Waals surface area contributed by atoms with E-state index in [4.69, 9.17) is 21.1 Å². The third-order valence-corrected chi connectivity index (χ3v) is 4.77. The Hall–Kier alpha value is -1.95. The van der Waals surface area contributed by atoms with E-state index in [9.17, 15) is 5.11 Å². The summed E-state index contributed by atoms with van der Waals surface area (Å²) in [5.74, 6) is 1.59. The number of nitrogens with zero attached hydrogens (tertiary/aromatic N) is 2. The van der Waals surface area contributed by atoms with E-state index in [0.29, 0.717) is 11.6 Å². The van der Waals surface area contributed by atoms with Crippen molar-refractivity contribution in [2.45, 2.75) is 6.10 Å². The molecule has 5 nitrogen and oxygen atoms in total. The molecule has 0 bridgehead atoms. The standard InChI is InChI=1S/C20H25ClN2O3/c1-25-20-4-2-3-17(13-20)23-11-9-22(10-12-23)14-18(24)15-26-19-7-5-16(21)6-8-19/h2-8,13,18,24H,9-12,14-15H2,1H3/t18-/m1/s1. The van der Waals surface area contributed by atoms with Crippen molar-refractivity contribution in [2.75, 3.05) is 51.3 Å². The zero-order chi connectivity index (χ0) is 18.4. The van der Waals surface area contributed by atoms with Crippen LogP contribution in [0, 0.1) is 0 Å². The van der Waals surface area contributed by atoms with E-state index in [2.05, 4.69) is 21.9 Å². The summed E-state index contributed by atoms with van der Waals surface area (Å²) in [5.41, 5.74) is 1.18. The molecule has 2 aromatic carbocycles. The molecular formula is C20H25ClN2O3. The molecule has 0 aromatic heterocycles. The van der Waals surface area contributed by atoms with Gasteiger partial charge in [-0.05, 0) is 36.4 Å². The number of anilines is 1. The molecule has 0 aliphatic carbocycles. The summed E-state index contributed by atoms with van der Waals surface area (Å²) in [6.07, 6.45) is -0.519. The van der Waals surface area contributed by atoms with Gasteiger partial charge in [0.15, 0.2) is 0 Å². The summed E-state index contributed by atoms with van der Waals surface area (Å²) >= 11 is 5.85. The fourth-order valence-corrected chi connectivity index (χ4v) is 3.20. The molecule has 0 spiro atoms. The Bertz CT molecular complexity index is 688. The second kappa shape index (κ2) is 9.12. The Labute approximate surface area is 159 Å². The second-order valence-corrected chi connectivity index (χ2v) is 6.84. The molecule has 3 rings (SSSR count). The Morgan fingerprint density at radius 3 is 2.46 bits per heavy atom. The van der Waals surface area contributed by atoms with Crippen molar-refractivity contribution in [3.63, 3.8) is 0 Å². The molecule has 1 heterocycles. The molecule has 2 aromatic rings. The average molecular weight is 377 g/mol. The molecule has 26 heavy (non-hydrogen) atoms. The van der Waals surface area contributed by atoms with Crippen LogP contribution in [0.4, 0.5) is 5.69 Å². The van der Waals surface area contributed by atoms with Gasteiger partial charge >= 0.3 is 0 Å². The van der Waals surface area contributed by atoms with Gasteiger partial charge in [-0.3, -0.25) is 4.90 Å². The topological polar surface area (TPSA) is 45.2 Å². The second-order valence-electron chi connectivity index (χ2n) is 6.41. The van der Waals surface area contributed by atoms with Crippen molar-refractivity contribution < 1.29 is 14.6 Å². The van der Waals surface area contributed by atoms with Gasteiger partial charge in [0.2, 0.25) is 0 Å². The fourth-order valence-electron chi connectivity index (χ4n) is 3.07. The molecule has 0 saturated carbocycles. The first kappa shape index (κ1) is 18.8. The maximum Gasteiger partial charge on any atom is 0.120 e. The Kier molecular flexibility index (Phi) is 6.61. The number of aliphatic hydroxyl groups excluding tert-OH is 1. The maximum absolute atomic E-state index is 10.2. The molecule has 1 aliphatic rings. The largest absolute Gasteiger partial charge is 0.497 e. The van der Waals surface area contributed by atoms with Crippen molar-refractivity contribution in [2.24, 2.45) is 0 Å². The van der Waals surface area contributed by atoms with Gasteiger partial charge in [0.25, 0.3) is 0 Å². The zero-order valence-corrected chi connectivity index (χ0v) is 15.7. The highest BCUT2D eigenvalue weighted by Gasteiger charge is 2.20. The van der Waals surface area contributed by atoms with Gasteiger partial charge in [0.05, 0.1) is 7.11 Å². The van der Waals surface area contributed by atoms with Crippen LogP contribution in [0.15, 0.2) is 48.5 Å². The van der Waals surface area contributed by atoms with Gasteiger partial charge in [0.1, 0.15) is 24.2 Å². The Morgan fingerprint density at radius 2 is 1.77 bits per heavy atom. The van der Waals surface area contributed by atoms with Crippen molar-refractivity contribution in [3.8, 4) is 11.5 Å². The van der Waals surface area contributed by atoms with E-state index in [1.54, 1.807) is 19.2 Å². The molecule has 0 radical (unpaired) electrons. The van der Waals surface area contributed by atoms with Gasteiger partial charge in [-0.15, -0.1) is 0 Å². The predicted octanol–water partition coefficient (Wildman–Crippen LogP) is 2.91. The predicted molar refractivity (Wildman–Crippen MR) is 105 cm³/mol. The van der Waals surface area contributed by atoms with E-state index in [-0.39, 0.29) is 6.61 Å². The lowest BCUT2D eigenvalue weighted by atomic mass is 10.2. The number of hydrogen-bond acceptors (Lipinski definition) is 5. The van der Waals surface area contributed by atoms with Crippen molar-refractivity contribution in [1.82, 2.24) is 4.90 Å². The molecule has 1 atom stereocenters. The van der Waals surface area contributed by atoms with Crippen LogP contribution in [0.5, 0.6) is 11.5 Å². The minimum absolute atomic E-state index is 0.276. The SMILES string of the molecule is COc1cccc(N2CCN(C[C@@H](O)COc3ccc(Cl)cc3)CC2)c1. The first-order valence-corrected chi connectivity index (χ1v) is 9.19. The highest BCUT2D eigenvalue weighted by Crippen LogP contribution is 2.22. The lowest BCUT2D eigenvalue weighted by Gasteiger charge is -2.37. The van der Waals surface area contributed by atoms with Crippen LogP contribution < -0.4 is 14.4 Å². The molecule has 1 aliphatic heterocycles. The number of methoxy groups -OCH3 is 1. The van der Waals surface area contributed by atoms with Gasteiger partial charge in [-0.1, -0.05) is 17.7 Å². The molecule has 0 amide bonds. The Morgan fingerprint density at radius 1 is 1.04 bits per heavy atom. The van der Waals surface area contributed by atoms with Gasteiger partial charge < -0.3 is 19.5 Å². The van der Waals surface area contributed by atoms with Crippen LogP contribution in [0.1, 0.15) is 0 Å². The van der Waals surface area contributed by atoms with E-state index in [1.165, 1.54) is 5.69 Å². The van der Waals surface area contributed by atoms with Gasteiger partial charge in [-0.25, -0.2) is 0 Å². The molecular weight excluding hydrogens is 352 g/mol. The van der Waals surface area contributed by atoms with Crippen molar-refractivity contribution >= 4 is 17.3 Å². The molecule has 1 fully saturated rings. The van der Waals surface area contributed by atoms with Gasteiger partial charge in [-0.2, -0.15) is 0 Å². The maximum atomic E-state index is 10.2. The third kappa shape index (κ3) is 5.27. The lowest BCUT2D eigenvalue weighted by molar-refractivity contribution is 0.0663. The number of rotatable bonds is 7. The quantitative estimate of drug-likeness (QED) is 0.805. The van der Waals surface area contributed by atoms with Crippen LogP contribution in [0.3, 0.4) is 0 Å². The summed E-state index contributed by atoms with van der Waals surface area (Å²) in [5, 5.41) is 10.9. The molecule has 6 heteroatoms. The van der Waals surface area contributed by atoms with Crippen LogP contribution in [-0.4, -0.2) is 62.6 Å². The molecule has 0 unspecified atom stereocenters. The number of piperazine rings is 1. The molecule has 1 saturated heterocycles. The zero-order valence-electron chi connectivity index (χ0n) is 15.0. The van der Waals surface area contributed by atoms with Crippen LogP contribution in [-0.2, 0) is 0 Å². The number of ether oxygens (including phenoxy) is 2. The monoisotopic (exact) mass is 376 g/mol. The van der Waals surface area contributed by atoms with Crippen LogP contribution in [0.25, 0.3) is 0 Å². The highest BCUT2D eigenvalue weighted by molar-refractivity contribution is 6.30. The van der Waals surface area contributed by atoms with Crippen molar-refractivity contribution in [3.05, 3.63) is 53.6 Å². The van der Waals surface area contributed by atoms with E-state index in [0.717, 1.165) is 37.7 Å². The summed E-state index contributed by atoms with van der Waals surface area (Å²) < 4.78 is 10.9. The summed E-state index contributed by atoms with van der Waals surface area (Å²) in [7, 11) is 1.69. The highest BCUT2D eigenvalue weighted by atomic mass is 35.5.